The van der Waals surface area contributed by atoms with E-state index in [1.165, 1.54) is 218 Å². The molecule has 1 heterocycles. The zero-order chi connectivity index (χ0) is 31.8. The molecule has 44 heavy (non-hydrogen) atoms. The van der Waals surface area contributed by atoms with Crippen molar-refractivity contribution in [3.63, 3.8) is 0 Å². The Morgan fingerprint density at radius 2 is 0.727 bits per heavy atom. The Morgan fingerprint density at radius 1 is 0.432 bits per heavy atom. The van der Waals surface area contributed by atoms with Crippen molar-refractivity contribution in [1.29, 1.82) is 0 Å². The van der Waals surface area contributed by atoms with E-state index in [9.17, 15) is 0 Å². The standard InChI is InChI=1S/C42H82N2/c1-5-8-11-14-16-18-20-21-22-23-25-27-29-31-34-37-41(36-33-13-10-7-3)42-43-38-39-44(42)40(4)35-32-30-28-26-24-19-17-15-12-9-6-2/h38-41H,5-37H2,1-4H3/p+1. The first-order valence-corrected chi connectivity index (χ1v) is 20.8. The fourth-order valence-corrected chi connectivity index (χ4v) is 7.31. The molecular weight excluding hydrogens is 532 g/mol. The van der Waals surface area contributed by atoms with Crippen LogP contribution < -0.4 is 4.57 Å². The number of aromatic amines is 1. The monoisotopic (exact) mass is 616 g/mol. The first-order chi connectivity index (χ1) is 21.7. The summed E-state index contributed by atoms with van der Waals surface area (Å²) in [5, 5.41) is 0. The van der Waals surface area contributed by atoms with Crippen LogP contribution in [0.15, 0.2) is 12.4 Å². The van der Waals surface area contributed by atoms with Crippen LogP contribution in [-0.2, 0) is 0 Å². The molecule has 0 aliphatic rings. The van der Waals surface area contributed by atoms with E-state index in [1.807, 2.05) is 0 Å². The zero-order valence-corrected chi connectivity index (χ0v) is 31.1. The third kappa shape index (κ3) is 23.5. The molecule has 1 aromatic rings. The fourth-order valence-electron chi connectivity index (χ4n) is 7.31. The van der Waals surface area contributed by atoms with Gasteiger partial charge in [0.25, 0.3) is 5.82 Å². The van der Waals surface area contributed by atoms with Gasteiger partial charge in [0.1, 0.15) is 12.4 Å². The van der Waals surface area contributed by atoms with E-state index in [0.717, 1.165) is 0 Å². The number of nitrogens with one attached hydrogen (secondary N) is 1. The summed E-state index contributed by atoms with van der Waals surface area (Å²) in [5.74, 6) is 2.24. The summed E-state index contributed by atoms with van der Waals surface area (Å²) in [6.07, 6.45) is 51.7. The molecular formula is C42H83N2+. The predicted molar refractivity (Wildman–Crippen MR) is 198 cm³/mol. The molecule has 0 amide bonds. The highest BCUT2D eigenvalue weighted by Crippen LogP contribution is 2.27. The van der Waals surface area contributed by atoms with Crippen molar-refractivity contribution in [1.82, 2.24) is 4.98 Å². The maximum Gasteiger partial charge on any atom is 0.257 e. The summed E-state index contributed by atoms with van der Waals surface area (Å²) in [6, 6.07) is 0.619. The molecule has 0 fully saturated rings. The largest absolute Gasteiger partial charge is 0.257 e. The van der Waals surface area contributed by atoms with Crippen molar-refractivity contribution < 1.29 is 4.57 Å². The van der Waals surface area contributed by atoms with E-state index in [4.69, 9.17) is 0 Å². The Kier molecular flexibility index (Phi) is 30.1. The summed E-state index contributed by atoms with van der Waals surface area (Å²) >= 11 is 0. The molecule has 0 bridgehead atoms. The van der Waals surface area contributed by atoms with Crippen molar-refractivity contribution >= 4 is 0 Å². The molecule has 1 aromatic heterocycles. The Balaban J connectivity index is 2.26. The molecule has 1 N–H and O–H groups in total. The SMILES string of the molecule is CCCCCCCCCCCCCCCCCC(CCCCCC)c1[nH]cc[n+]1C(C)CCCCCCCCCCCCC. The lowest BCUT2D eigenvalue weighted by atomic mass is 9.93. The zero-order valence-electron chi connectivity index (χ0n) is 31.1. The molecule has 2 unspecified atom stereocenters. The second-order valence-corrected chi connectivity index (χ2v) is 14.7. The van der Waals surface area contributed by atoms with E-state index in [-0.39, 0.29) is 0 Å². The summed E-state index contributed by atoms with van der Waals surface area (Å²) < 4.78 is 2.63. The second kappa shape index (κ2) is 32.2. The van der Waals surface area contributed by atoms with Gasteiger partial charge >= 0.3 is 0 Å². The molecule has 0 aromatic carbocycles. The van der Waals surface area contributed by atoms with Crippen LogP contribution in [0.4, 0.5) is 0 Å². The van der Waals surface area contributed by atoms with E-state index < -0.39 is 0 Å². The van der Waals surface area contributed by atoms with Gasteiger partial charge in [0.05, 0.1) is 12.0 Å². The summed E-state index contributed by atoms with van der Waals surface area (Å²) in [6.45, 7) is 9.43. The van der Waals surface area contributed by atoms with Gasteiger partial charge in [-0.25, -0.2) is 9.55 Å². The number of hydrogen-bond donors (Lipinski definition) is 1. The smallest absolute Gasteiger partial charge is 0.247 e. The van der Waals surface area contributed by atoms with Gasteiger partial charge in [-0.05, 0) is 32.6 Å². The first kappa shape index (κ1) is 41.2. The van der Waals surface area contributed by atoms with Crippen LogP contribution in [0.25, 0.3) is 0 Å². The van der Waals surface area contributed by atoms with Crippen molar-refractivity contribution in [2.75, 3.05) is 0 Å². The molecule has 0 saturated carbocycles. The van der Waals surface area contributed by atoms with Crippen molar-refractivity contribution in [2.45, 2.75) is 252 Å². The molecule has 2 atom stereocenters. The molecule has 1 rings (SSSR count). The van der Waals surface area contributed by atoms with Gasteiger partial charge in [-0.15, -0.1) is 0 Å². The number of hydrogen-bond acceptors (Lipinski definition) is 0. The number of rotatable bonds is 35. The van der Waals surface area contributed by atoms with Crippen LogP contribution >= 0.6 is 0 Å². The highest BCUT2D eigenvalue weighted by molar-refractivity contribution is 4.90. The maximum atomic E-state index is 3.74. The molecule has 0 spiro atoms. The van der Waals surface area contributed by atoms with Crippen LogP contribution in [0.3, 0.4) is 0 Å². The third-order valence-corrected chi connectivity index (χ3v) is 10.4. The van der Waals surface area contributed by atoms with Gasteiger partial charge < -0.3 is 0 Å². The lowest BCUT2D eigenvalue weighted by Crippen LogP contribution is -2.41. The molecule has 0 aliphatic carbocycles. The predicted octanol–water partition coefficient (Wildman–Crippen LogP) is 14.9. The van der Waals surface area contributed by atoms with Crippen LogP contribution in [-0.4, -0.2) is 4.98 Å². The van der Waals surface area contributed by atoms with Gasteiger partial charge in [0.2, 0.25) is 0 Å². The van der Waals surface area contributed by atoms with Gasteiger partial charge in [0, 0.05) is 0 Å². The average molecular weight is 616 g/mol. The number of aromatic nitrogens is 2. The van der Waals surface area contributed by atoms with E-state index >= 15 is 0 Å². The third-order valence-electron chi connectivity index (χ3n) is 10.4. The second-order valence-electron chi connectivity index (χ2n) is 14.7. The minimum absolute atomic E-state index is 0.619. The highest BCUT2D eigenvalue weighted by atomic mass is 15.1. The Morgan fingerprint density at radius 3 is 1.09 bits per heavy atom. The van der Waals surface area contributed by atoms with Crippen molar-refractivity contribution in [3.8, 4) is 0 Å². The molecule has 2 nitrogen and oxygen atoms in total. The van der Waals surface area contributed by atoms with E-state index in [0.29, 0.717) is 12.0 Å². The first-order valence-electron chi connectivity index (χ1n) is 20.8. The fraction of sp³-hybridized carbons (Fsp3) is 0.929. The molecule has 0 radical (unpaired) electrons. The number of H-pyrrole nitrogens is 1. The number of imidazole rings is 1. The van der Waals surface area contributed by atoms with E-state index in [1.54, 1.807) is 0 Å². The molecule has 0 saturated heterocycles. The minimum atomic E-state index is 0.619. The topological polar surface area (TPSA) is 19.7 Å². The molecule has 2 heteroatoms. The lowest BCUT2D eigenvalue weighted by Gasteiger charge is -2.17. The van der Waals surface area contributed by atoms with Crippen LogP contribution in [0.1, 0.15) is 257 Å². The van der Waals surface area contributed by atoms with Crippen LogP contribution in [0, 0.1) is 0 Å². The summed E-state index contributed by atoms with van der Waals surface area (Å²) in [5.41, 5.74) is 0. The number of nitrogens with zero attached hydrogens (tertiary/aromatic N) is 1. The van der Waals surface area contributed by atoms with Crippen molar-refractivity contribution in [2.24, 2.45) is 0 Å². The van der Waals surface area contributed by atoms with Gasteiger partial charge in [-0.2, -0.15) is 0 Å². The quantitative estimate of drug-likeness (QED) is 0.0579. The molecule has 0 aliphatic heterocycles. The van der Waals surface area contributed by atoms with Gasteiger partial charge in [0.15, 0.2) is 0 Å². The average Bonchev–Trinajstić information content (AvgIpc) is 3.53. The normalized spacial score (nSPS) is 13.1. The Hall–Kier alpha value is -0.790. The summed E-state index contributed by atoms with van der Waals surface area (Å²) in [7, 11) is 0. The molecule has 260 valence electrons. The minimum Gasteiger partial charge on any atom is -0.247 e. The van der Waals surface area contributed by atoms with Crippen molar-refractivity contribution in [3.05, 3.63) is 18.2 Å². The highest BCUT2D eigenvalue weighted by Gasteiger charge is 2.25. The lowest BCUT2D eigenvalue weighted by molar-refractivity contribution is -0.727. The number of unbranched alkanes of at least 4 members (excludes halogenated alkanes) is 27. The maximum absolute atomic E-state index is 3.74. The van der Waals surface area contributed by atoms with E-state index in [2.05, 4.69) is 49.6 Å². The van der Waals surface area contributed by atoms with Crippen LogP contribution in [0.5, 0.6) is 0 Å². The van der Waals surface area contributed by atoms with Gasteiger partial charge in [-0.1, -0.05) is 207 Å². The Bertz CT molecular complexity index is 679. The van der Waals surface area contributed by atoms with Gasteiger partial charge in [-0.3, -0.25) is 0 Å². The Labute approximate surface area is 278 Å². The van der Waals surface area contributed by atoms with Crippen LogP contribution in [0.2, 0.25) is 0 Å². The summed E-state index contributed by atoms with van der Waals surface area (Å²) in [4.78, 5) is 3.74.